The summed E-state index contributed by atoms with van der Waals surface area (Å²) in [6.07, 6.45) is 1.06. The van der Waals surface area contributed by atoms with Gasteiger partial charge in [-0.1, -0.05) is 12.8 Å². The van der Waals surface area contributed by atoms with Gasteiger partial charge in [0.2, 0.25) is 0 Å². The molecule has 1 fully saturated rings. The topological polar surface area (TPSA) is 75.3 Å². The molecule has 6 nitrogen and oxygen atoms in total. The summed E-state index contributed by atoms with van der Waals surface area (Å²) in [6.45, 7) is 0.588. The van der Waals surface area contributed by atoms with Crippen molar-refractivity contribution in [2.24, 2.45) is 5.92 Å². The highest BCUT2D eigenvalue weighted by Crippen LogP contribution is 2.28. The van der Waals surface area contributed by atoms with Gasteiger partial charge in [-0.15, -0.1) is 15.3 Å². The number of hydrogen-bond acceptors (Lipinski definition) is 5. The summed E-state index contributed by atoms with van der Waals surface area (Å²) < 4.78 is 39.2. The zero-order valence-corrected chi connectivity index (χ0v) is 13.1. The predicted molar refractivity (Wildman–Crippen MR) is 81.5 cm³/mol. The molecule has 2 aromatic heterocycles. The highest BCUT2D eigenvalue weighted by molar-refractivity contribution is 5.44. The molecule has 0 amide bonds. The van der Waals surface area contributed by atoms with Gasteiger partial charge in [0, 0.05) is 6.54 Å². The van der Waals surface area contributed by atoms with Crippen LogP contribution in [0.4, 0.5) is 19.0 Å². The molecule has 2 heterocycles. The van der Waals surface area contributed by atoms with Gasteiger partial charge in [0.1, 0.15) is 5.82 Å². The smallest absolute Gasteiger partial charge is 0.393 e. The van der Waals surface area contributed by atoms with Crippen molar-refractivity contribution in [1.82, 2.24) is 19.8 Å². The summed E-state index contributed by atoms with van der Waals surface area (Å²) in [5, 5.41) is 23.5. The fourth-order valence-electron chi connectivity index (χ4n) is 3.17. The Hall–Kier alpha value is -1.90. The Labute approximate surface area is 137 Å². The lowest BCUT2D eigenvalue weighted by atomic mass is 9.83. The predicted octanol–water partition coefficient (Wildman–Crippen LogP) is 2.89. The zero-order chi connectivity index (χ0) is 17.2. The van der Waals surface area contributed by atoms with Crippen molar-refractivity contribution in [2.75, 3.05) is 11.9 Å². The summed E-state index contributed by atoms with van der Waals surface area (Å²) >= 11 is 0. The number of hydrogen-bond donors (Lipinski definition) is 2. The fourth-order valence-corrected chi connectivity index (χ4v) is 3.17. The fraction of sp³-hybridized carbons (Fsp3) is 0.667. The molecule has 132 valence electrons. The van der Waals surface area contributed by atoms with Gasteiger partial charge in [0.15, 0.2) is 5.65 Å². The lowest BCUT2D eigenvalue weighted by molar-refractivity contribution is -0.146. The molecule has 24 heavy (non-hydrogen) atoms. The summed E-state index contributed by atoms with van der Waals surface area (Å²) in [5.41, 5.74) is 0.0539. The van der Waals surface area contributed by atoms with Crippen LogP contribution in [0.1, 0.15) is 44.3 Å². The van der Waals surface area contributed by atoms with E-state index in [-0.39, 0.29) is 11.8 Å². The Morgan fingerprint density at radius 2 is 2.00 bits per heavy atom. The molecule has 2 aromatic rings. The molecule has 0 bridgehead atoms. The van der Waals surface area contributed by atoms with Crippen molar-refractivity contribution in [2.45, 2.75) is 50.8 Å². The molecule has 2 atom stereocenters. The van der Waals surface area contributed by atoms with Crippen LogP contribution in [0.25, 0.3) is 5.65 Å². The van der Waals surface area contributed by atoms with Gasteiger partial charge in [0.05, 0.1) is 6.10 Å². The van der Waals surface area contributed by atoms with Crippen molar-refractivity contribution < 1.29 is 18.3 Å². The number of nitrogens with zero attached hydrogens (tertiary/aromatic N) is 4. The van der Waals surface area contributed by atoms with E-state index in [1.54, 1.807) is 6.07 Å². The van der Waals surface area contributed by atoms with Crippen LogP contribution in [0.3, 0.4) is 0 Å². The molecule has 1 aliphatic rings. The molecule has 0 aromatic carbocycles. The quantitative estimate of drug-likeness (QED) is 0.817. The Morgan fingerprint density at radius 3 is 2.75 bits per heavy atom. The molecule has 9 heteroatoms. The number of aliphatic hydroxyl groups excluding tert-OH is 1. The monoisotopic (exact) mass is 343 g/mol. The molecule has 0 saturated heterocycles. The third-order valence-corrected chi connectivity index (χ3v) is 4.44. The molecular formula is C15H20F3N5O. The molecule has 1 saturated carbocycles. The molecule has 1 aliphatic carbocycles. The summed E-state index contributed by atoms with van der Waals surface area (Å²) in [7, 11) is 0. The second-order valence-corrected chi connectivity index (χ2v) is 6.19. The zero-order valence-electron chi connectivity index (χ0n) is 13.1. The molecule has 0 radical (unpaired) electrons. The van der Waals surface area contributed by atoms with E-state index in [0.29, 0.717) is 22.8 Å². The van der Waals surface area contributed by atoms with E-state index < -0.39 is 12.0 Å². The van der Waals surface area contributed by atoms with Crippen LogP contribution in [0.2, 0.25) is 0 Å². The second kappa shape index (κ2) is 6.92. The van der Waals surface area contributed by atoms with E-state index in [1.165, 1.54) is 6.07 Å². The Bertz CT molecular complexity index is 687. The van der Waals surface area contributed by atoms with Gasteiger partial charge in [-0.3, -0.25) is 0 Å². The van der Waals surface area contributed by atoms with Gasteiger partial charge < -0.3 is 10.4 Å². The third kappa shape index (κ3) is 3.77. The second-order valence-electron chi connectivity index (χ2n) is 6.19. The largest absolute Gasteiger partial charge is 0.453 e. The van der Waals surface area contributed by atoms with Gasteiger partial charge in [-0.25, -0.2) is 0 Å². The van der Waals surface area contributed by atoms with Gasteiger partial charge in [0.25, 0.3) is 5.82 Å². The lowest BCUT2D eigenvalue weighted by Gasteiger charge is -2.27. The standard InChI is InChI=1S/C15H20F3N5O/c16-15(17,18)14-21-20-13-8-7-12(22-23(13)14)19-9-3-5-10-4-1-2-6-11(10)24/h7-8,10-11,24H,1-6,9H2,(H,19,22). The molecule has 0 aliphatic heterocycles. The highest BCUT2D eigenvalue weighted by Gasteiger charge is 2.37. The van der Waals surface area contributed by atoms with Crippen molar-refractivity contribution >= 4 is 11.5 Å². The number of aromatic nitrogens is 4. The summed E-state index contributed by atoms with van der Waals surface area (Å²) in [6, 6.07) is 3.03. The van der Waals surface area contributed by atoms with Crippen LogP contribution in [-0.4, -0.2) is 37.6 Å². The first-order valence-electron chi connectivity index (χ1n) is 8.17. The van der Waals surface area contributed by atoms with Crippen molar-refractivity contribution in [3.63, 3.8) is 0 Å². The number of aliphatic hydroxyl groups is 1. The highest BCUT2D eigenvalue weighted by atomic mass is 19.4. The Balaban J connectivity index is 1.57. The number of anilines is 1. The van der Waals surface area contributed by atoms with E-state index in [0.717, 1.165) is 38.5 Å². The van der Waals surface area contributed by atoms with Crippen LogP contribution in [0.5, 0.6) is 0 Å². The summed E-state index contributed by atoms with van der Waals surface area (Å²) in [4.78, 5) is 0. The van der Waals surface area contributed by atoms with E-state index in [9.17, 15) is 18.3 Å². The molecule has 0 spiro atoms. The van der Waals surface area contributed by atoms with Crippen molar-refractivity contribution in [1.29, 1.82) is 0 Å². The lowest BCUT2D eigenvalue weighted by Crippen LogP contribution is -2.24. The molecule has 2 unspecified atom stereocenters. The molecule has 2 N–H and O–H groups in total. The third-order valence-electron chi connectivity index (χ3n) is 4.44. The SMILES string of the molecule is OC1CCCCC1CCCNc1ccc2nnc(C(F)(F)F)n2n1. The minimum absolute atomic E-state index is 0.0539. The Kier molecular flexibility index (Phi) is 4.88. The van der Waals surface area contributed by atoms with E-state index in [4.69, 9.17) is 0 Å². The maximum Gasteiger partial charge on any atom is 0.453 e. The first kappa shape index (κ1) is 16.9. The van der Waals surface area contributed by atoms with E-state index in [1.807, 2.05) is 0 Å². The van der Waals surface area contributed by atoms with Crippen LogP contribution in [-0.2, 0) is 6.18 Å². The van der Waals surface area contributed by atoms with Crippen molar-refractivity contribution in [3.8, 4) is 0 Å². The van der Waals surface area contributed by atoms with Gasteiger partial charge in [-0.05, 0) is 43.7 Å². The van der Waals surface area contributed by atoms with Gasteiger partial charge >= 0.3 is 6.18 Å². The number of alkyl halides is 3. The van der Waals surface area contributed by atoms with E-state index >= 15 is 0 Å². The first-order chi connectivity index (χ1) is 11.4. The molecule has 3 rings (SSSR count). The maximum atomic E-state index is 12.8. The van der Waals surface area contributed by atoms with Gasteiger partial charge in [-0.2, -0.15) is 17.7 Å². The average molecular weight is 343 g/mol. The van der Waals surface area contributed by atoms with Crippen molar-refractivity contribution in [3.05, 3.63) is 18.0 Å². The molecular weight excluding hydrogens is 323 g/mol. The van der Waals surface area contributed by atoms with Crippen LogP contribution >= 0.6 is 0 Å². The van der Waals surface area contributed by atoms with Crippen LogP contribution in [0.15, 0.2) is 12.1 Å². The first-order valence-corrected chi connectivity index (χ1v) is 8.17. The minimum Gasteiger partial charge on any atom is -0.393 e. The number of halogens is 3. The maximum absolute atomic E-state index is 12.8. The number of rotatable bonds is 5. The summed E-state index contributed by atoms with van der Waals surface area (Å²) in [5.74, 6) is -0.464. The average Bonchev–Trinajstić information content (AvgIpc) is 2.96. The van der Waals surface area contributed by atoms with Crippen LogP contribution in [0, 0.1) is 5.92 Å². The Morgan fingerprint density at radius 1 is 1.21 bits per heavy atom. The van der Waals surface area contributed by atoms with Crippen LogP contribution < -0.4 is 5.32 Å². The minimum atomic E-state index is -4.60. The number of nitrogens with one attached hydrogen (secondary N) is 1. The van der Waals surface area contributed by atoms with E-state index in [2.05, 4.69) is 20.6 Å². The number of fused-ring (bicyclic) bond motifs is 1. The normalized spacial score (nSPS) is 22.0.